The fourth-order valence-electron chi connectivity index (χ4n) is 3.24. The topological polar surface area (TPSA) is 113 Å². The molecule has 30 heavy (non-hydrogen) atoms. The van der Waals surface area contributed by atoms with Crippen molar-refractivity contribution in [2.45, 2.75) is 31.1 Å². The molecule has 8 nitrogen and oxygen atoms in total. The monoisotopic (exact) mass is 451 g/mol. The van der Waals surface area contributed by atoms with E-state index in [1.807, 2.05) is 0 Å². The van der Waals surface area contributed by atoms with Crippen LogP contribution in [0.25, 0.3) is 0 Å². The lowest BCUT2D eigenvalue weighted by molar-refractivity contribution is 0.102. The molecule has 1 aliphatic heterocycles. The van der Waals surface area contributed by atoms with E-state index in [9.17, 15) is 21.6 Å². The van der Waals surface area contributed by atoms with E-state index in [4.69, 9.17) is 0 Å². The van der Waals surface area contributed by atoms with E-state index in [0.29, 0.717) is 30.0 Å². The van der Waals surface area contributed by atoms with Crippen LogP contribution < -0.4 is 10.0 Å². The number of benzene rings is 2. The van der Waals surface area contributed by atoms with Crippen LogP contribution in [-0.4, -0.2) is 46.4 Å². The quantitative estimate of drug-likeness (QED) is 0.701. The molecule has 3 rings (SSSR count). The summed E-state index contributed by atoms with van der Waals surface area (Å²) in [6.45, 7) is 2.78. The molecule has 2 aromatic carbocycles. The van der Waals surface area contributed by atoms with E-state index in [1.165, 1.54) is 22.5 Å². The first-order valence-electron chi connectivity index (χ1n) is 9.56. The van der Waals surface area contributed by atoms with Gasteiger partial charge in [-0.2, -0.15) is 4.31 Å². The molecule has 2 N–H and O–H groups in total. The highest BCUT2D eigenvalue weighted by molar-refractivity contribution is 7.92. The Balaban J connectivity index is 1.74. The summed E-state index contributed by atoms with van der Waals surface area (Å²) in [6.07, 6.45) is 3.80. The summed E-state index contributed by atoms with van der Waals surface area (Å²) in [6, 6.07) is 10.7. The average Bonchev–Trinajstić information content (AvgIpc) is 2.69. The van der Waals surface area contributed by atoms with Gasteiger partial charge in [-0.1, -0.05) is 12.5 Å². The lowest BCUT2D eigenvalue weighted by Crippen LogP contribution is -2.35. The van der Waals surface area contributed by atoms with Crippen LogP contribution in [-0.2, 0) is 20.0 Å². The molecule has 1 heterocycles. The van der Waals surface area contributed by atoms with Crippen LogP contribution in [0, 0.1) is 6.92 Å². The van der Waals surface area contributed by atoms with Crippen LogP contribution in [0.4, 0.5) is 11.4 Å². The second-order valence-corrected chi connectivity index (χ2v) is 11.0. The molecule has 1 amide bonds. The Kier molecular flexibility index (Phi) is 6.49. The van der Waals surface area contributed by atoms with Crippen molar-refractivity contribution in [3.05, 3.63) is 53.6 Å². The predicted molar refractivity (Wildman–Crippen MR) is 117 cm³/mol. The number of amides is 1. The average molecular weight is 452 g/mol. The van der Waals surface area contributed by atoms with Crippen molar-refractivity contribution in [1.29, 1.82) is 0 Å². The van der Waals surface area contributed by atoms with Crippen molar-refractivity contribution < 1.29 is 21.6 Å². The molecule has 1 fully saturated rings. The minimum Gasteiger partial charge on any atom is -0.322 e. The fraction of sp³-hybridized carbons (Fsp3) is 0.350. The molecule has 1 saturated heterocycles. The summed E-state index contributed by atoms with van der Waals surface area (Å²) in [5, 5.41) is 2.70. The fourth-order valence-corrected chi connectivity index (χ4v) is 5.38. The third kappa shape index (κ3) is 5.38. The van der Waals surface area contributed by atoms with E-state index >= 15 is 0 Å². The van der Waals surface area contributed by atoms with Crippen molar-refractivity contribution in [3.63, 3.8) is 0 Å². The summed E-state index contributed by atoms with van der Waals surface area (Å²) in [5.74, 6) is -0.432. The Labute approximate surface area is 177 Å². The molecule has 0 unspecified atom stereocenters. The number of hydrogen-bond acceptors (Lipinski definition) is 5. The number of rotatable bonds is 6. The number of aryl methyl sites for hydroxylation is 1. The minimum atomic E-state index is -3.53. The molecular weight excluding hydrogens is 426 g/mol. The minimum absolute atomic E-state index is 0.192. The molecule has 0 atom stereocenters. The Morgan fingerprint density at radius 2 is 1.57 bits per heavy atom. The zero-order chi connectivity index (χ0) is 21.9. The molecular formula is C20H25N3O5S2. The third-order valence-corrected chi connectivity index (χ3v) is 7.36. The van der Waals surface area contributed by atoms with Gasteiger partial charge in [-0.25, -0.2) is 16.8 Å². The summed E-state index contributed by atoms with van der Waals surface area (Å²) < 4.78 is 52.3. The van der Waals surface area contributed by atoms with Crippen LogP contribution in [0.5, 0.6) is 0 Å². The van der Waals surface area contributed by atoms with Crippen molar-refractivity contribution in [2.75, 3.05) is 29.4 Å². The number of nitrogens with one attached hydrogen (secondary N) is 2. The second-order valence-electron chi connectivity index (χ2n) is 7.35. The summed E-state index contributed by atoms with van der Waals surface area (Å²) >= 11 is 0. The summed E-state index contributed by atoms with van der Waals surface area (Å²) in [5.41, 5.74) is 1.73. The number of carbonyl (C=O) groups excluding carboxylic acids is 1. The summed E-state index contributed by atoms with van der Waals surface area (Å²) in [7, 11) is -7.00. The van der Waals surface area contributed by atoms with Crippen LogP contribution in [0.3, 0.4) is 0 Å². The van der Waals surface area contributed by atoms with E-state index in [2.05, 4.69) is 10.0 Å². The van der Waals surface area contributed by atoms with E-state index < -0.39 is 26.0 Å². The smallest absolute Gasteiger partial charge is 0.255 e. The maximum absolute atomic E-state index is 12.7. The van der Waals surface area contributed by atoms with E-state index in [1.54, 1.807) is 31.2 Å². The zero-order valence-electron chi connectivity index (χ0n) is 16.9. The number of carbonyl (C=O) groups is 1. The van der Waals surface area contributed by atoms with Gasteiger partial charge in [0.2, 0.25) is 20.0 Å². The molecule has 1 aliphatic rings. The molecule has 0 radical (unpaired) electrons. The van der Waals surface area contributed by atoms with Crippen LogP contribution in [0.2, 0.25) is 0 Å². The normalized spacial score (nSPS) is 15.5. The number of sulfonamides is 2. The molecule has 0 aliphatic carbocycles. The standard InChI is InChI=1S/C20H25N3O5S2/c1-15-6-7-16(14-19(15)22-29(2,25)26)20(24)21-17-8-10-18(11-9-17)30(27,28)23-12-4-3-5-13-23/h6-11,14,22H,3-5,12-13H2,1-2H3,(H,21,24). The largest absolute Gasteiger partial charge is 0.322 e. The molecule has 162 valence electrons. The van der Waals surface area contributed by atoms with Crippen LogP contribution in [0.15, 0.2) is 47.4 Å². The zero-order valence-corrected chi connectivity index (χ0v) is 18.5. The van der Waals surface area contributed by atoms with Gasteiger partial charge in [0.1, 0.15) is 0 Å². The van der Waals surface area contributed by atoms with Crippen molar-refractivity contribution in [3.8, 4) is 0 Å². The molecule has 0 bridgehead atoms. The van der Waals surface area contributed by atoms with Gasteiger partial charge in [-0.05, 0) is 61.7 Å². The van der Waals surface area contributed by atoms with Crippen molar-refractivity contribution in [2.24, 2.45) is 0 Å². The maximum Gasteiger partial charge on any atom is 0.255 e. The van der Waals surface area contributed by atoms with Gasteiger partial charge >= 0.3 is 0 Å². The molecule has 0 spiro atoms. The van der Waals surface area contributed by atoms with E-state index in [0.717, 1.165) is 25.5 Å². The van der Waals surface area contributed by atoms with Crippen molar-refractivity contribution in [1.82, 2.24) is 4.31 Å². The Morgan fingerprint density at radius 3 is 2.17 bits per heavy atom. The first-order chi connectivity index (χ1) is 14.1. The molecule has 2 aromatic rings. The SMILES string of the molecule is Cc1ccc(C(=O)Nc2ccc(S(=O)(=O)N3CCCCC3)cc2)cc1NS(C)(=O)=O. The van der Waals surface area contributed by atoms with Gasteiger partial charge in [0, 0.05) is 24.3 Å². The van der Waals surface area contributed by atoms with E-state index in [-0.39, 0.29) is 10.5 Å². The Hall–Kier alpha value is -2.43. The maximum atomic E-state index is 12.7. The lowest BCUT2D eigenvalue weighted by Gasteiger charge is -2.25. The van der Waals surface area contributed by atoms with Crippen molar-refractivity contribution >= 4 is 37.3 Å². The number of piperidine rings is 1. The Bertz CT molecular complexity index is 1140. The van der Waals surface area contributed by atoms with Gasteiger partial charge in [0.15, 0.2) is 0 Å². The van der Waals surface area contributed by atoms with Gasteiger partial charge in [0.25, 0.3) is 5.91 Å². The highest BCUT2D eigenvalue weighted by Crippen LogP contribution is 2.23. The molecule has 0 aromatic heterocycles. The lowest BCUT2D eigenvalue weighted by atomic mass is 10.1. The number of anilines is 2. The highest BCUT2D eigenvalue weighted by atomic mass is 32.2. The second kappa shape index (κ2) is 8.75. The summed E-state index contributed by atoms with van der Waals surface area (Å²) in [4.78, 5) is 12.7. The van der Waals surface area contributed by atoms with Gasteiger partial charge in [0.05, 0.1) is 16.8 Å². The van der Waals surface area contributed by atoms with Gasteiger partial charge in [-0.15, -0.1) is 0 Å². The highest BCUT2D eigenvalue weighted by Gasteiger charge is 2.25. The molecule has 10 heteroatoms. The number of nitrogens with zero attached hydrogens (tertiary/aromatic N) is 1. The predicted octanol–water partition coefficient (Wildman–Crippen LogP) is 2.79. The number of hydrogen-bond donors (Lipinski definition) is 2. The van der Waals surface area contributed by atoms with Crippen LogP contribution >= 0.6 is 0 Å². The van der Waals surface area contributed by atoms with Crippen LogP contribution in [0.1, 0.15) is 35.2 Å². The first-order valence-corrected chi connectivity index (χ1v) is 12.9. The first kappa shape index (κ1) is 22.3. The molecule has 0 saturated carbocycles. The van der Waals surface area contributed by atoms with Gasteiger partial charge in [-0.3, -0.25) is 9.52 Å². The third-order valence-electron chi connectivity index (χ3n) is 4.86. The Morgan fingerprint density at radius 1 is 0.933 bits per heavy atom. The van der Waals surface area contributed by atoms with Gasteiger partial charge < -0.3 is 5.32 Å².